The predicted octanol–water partition coefficient (Wildman–Crippen LogP) is 3.50. The highest BCUT2D eigenvalue weighted by Gasteiger charge is 2.41. The van der Waals surface area contributed by atoms with E-state index in [0.717, 1.165) is 21.9 Å². The summed E-state index contributed by atoms with van der Waals surface area (Å²) in [5.74, 6) is -0.230. The second kappa shape index (κ2) is 6.53. The number of ether oxygens (including phenoxy) is 1. The SMILES string of the molecule is CCOC(=O)N1CC2=C(C1=S)C(c1cccc3ccccc13)CC(=O)N2. The Morgan fingerprint density at radius 2 is 2.04 bits per heavy atom. The summed E-state index contributed by atoms with van der Waals surface area (Å²) in [6, 6.07) is 14.2. The second-order valence-corrected chi connectivity index (χ2v) is 6.74. The number of thiocarbonyl (C=S) groups is 1. The molecule has 2 aromatic rings. The third kappa shape index (κ3) is 2.66. The molecule has 2 heterocycles. The summed E-state index contributed by atoms with van der Waals surface area (Å²) in [5, 5.41) is 5.10. The monoisotopic (exact) mass is 366 g/mol. The number of hydrogen-bond acceptors (Lipinski definition) is 4. The van der Waals surface area contributed by atoms with Gasteiger partial charge in [-0.15, -0.1) is 0 Å². The molecule has 2 aromatic carbocycles. The largest absolute Gasteiger partial charge is 0.449 e. The van der Waals surface area contributed by atoms with Crippen molar-refractivity contribution in [2.24, 2.45) is 0 Å². The average molecular weight is 366 g/mol. The van der Waals surface area contributed by atoms with Crippen LogP contribution in [0.5, 0.6) is 0 Å². The summed E-state index contributed by atoms with van der Waals surface area (Å²) < 4.78 is 5.10. The maximum atomic E-state index is 12.3. The highest BCUT2D eigenvalue weighted by Crippen LogP contribution is 2.40. The van der Waals surface area contributed by atoms with E-state index in [0.29, 0.717) is 17.1 Å². The molecular weight excluding hydrogens is 348 g/mol. The lowest BCUT2D eigenvalue weighted by Gasteiger charge is -2.26. The van der Waals surface area contributed by atoms with Gasteiger partial charge in [-0.05, 0) is 23.3 Å². The number of rotatable bonds is 2. The average Bonchev–Trinajstić information content (AvgIpc) is 2.97. The van der Waals surface area contributed by atoms with Gasteiger partial charge in [0.15, 0.2) is 0 Å². The van der Waals surface area contributed by atoms with Gasteiger partial charge in [-0.25, -0.2) is 4.79 Å². The highest BCUT2D eigenvalue weighted by molar-refractivity contribution is 7.80. The van der Waals surface area contributed by atoms with Crippen LogP contribution in [0.15, 0.2) is 53.7 Å². The van der Waals surface area contributed by atoms with Crippen molar-refractivity contribution in [1.29, 1.82) is 0 Å². The summed E-state index contributed by atoms with van der Waals surface area (Å²) in [5.41, 5.74) is 2.61. The first-order chi connectivity index (χ1) is 12.6. The van der Waals surface area contributed by atoms with Crippen LogP contribution in [0.3, 0.4) is 0 Å². The first-order valence-electron chi connectivity index (χ1n) is 8.59. The Hall–Kier alpha value is -2.73. The molecule has 0 saturated carbocycles. The van der Waals surface area contributed by atoms with E-state index in [9.17, 15) is 9.59 Å². The number of amides is 2. The van der Waals surface area contributed by atoms with Gasteiger partial charge >= 0.3 is 6.09 Å². The van der Waals surface area contributed by atoms with E-state index in [4.69, 9.17) is 17.0 Å². The van der Waals surface area contributed by atoms with Crippen molar-refractivity contribution in [1.82, 2.24) is 10.2 Å². The van der Waals surface area contributed by atoms with E-state index >= 15 is 0 Å². The lowest BCUT2D eigenvalue weighted by molar-refractivity contribution is -0.121. The maximum absolute atomic E-state index is 12.3. The Morgan fingerprint density at radius 3 is 2.85 bits per heavy atom. The van der Waals surface area contributed by atoms with Crippen LogP contribution in [0.25, 0.3) is 10.8 Å². The number of benzene rings is 2. The molecule has 6 heteroatoms. The van der Waals surface area contributed by atoms with Crippen molar-refractivity contribution in [2.45, 2.75) is 19.3 Å². The first-order valence-corrected chi connectivity index (χ1v) is 9.00. The number of hydrogen-bond donors (Lipinski definition) is 1. The van der Waals surface area contributed by atoms with E-state index < -0.39 is 6.09 Å². The molecule has 1 N–H and O–H groups in total. The third-order valence-corrected chi connectivity index (χ3v) is 5.27. The van der Waals surface area contributed by atoms with Crippen LogP contribution in [0.2, 0.25) is 0 Å². The molecule has 1 atom stereocenters. The van der Waals surface area contributed by atoms with E-state index in [-0.39, 0.29) is 25.0 Å². The van der Waals surface area contributed by atoms with Crippen LogP contribution < -0.4 is 5.32 Å². The number of nitrogens with zero attached hydrogens (tertiary/aromatic N) is 1. The molecule has 4 rings (SSSR count). The Kier molecular flexibility index (Phi) is 4.20. The highest BCUT2D eigenvalue weighted by atomic mass is 32.1. The van der Waals surface area contributed by atoms with Gasteiger partial charge in [0.2, 0.25) is 5.91 Å². The van der Waals surface area contributed by atoms with E-state index in [1.54, 1.807) is 6.92 Å². The van der Waals surface area contributed by atoms with Crippen molar-refractivity contribution in [3.63, 3.8) is 0 Å². The van der Waals surface area contributed by atoms with E-state index in [1.165, 1.54) is 4.90 Å². The zero-order chi connectivity index (χ0) is 18.3. The van der Waals surface area contributed by atoms with Crippen LogP contribution >= 0.6 is 12.2 Å². The first kappa shape index (κ1) is 16.7. The molecule has 0 radical (unpaired) electrons. The fourth-order valence-electron chi connectivity index (χ4n) is 3.73. The summed E-state index contributed by atoms with van der Waals surface area (Å²) in [6.07, 6.45) is -0.165. The zero-order valence-electron chi connectivity index (χ0n) is 14.3. The number of nitrogens with one attached hydrogen (secondary N) is 1. The number of carbonyl (C=O) groups is 2. The number of carbonyl (C=O) groups excluding carboxylic acids is 2. The molecule has 0 spiro atoms. The Morgan fingerprint density at radius 1 is 1.27 bits per heavy atom. The minimum Gasteiger partial charge on any atom is -0.449 e. The lowest BCUT2D eigenvalue weighted by atomic mass is 9.83. The van der Waals surface area contributed by atoms with Crippen LogP contribution in [0.4, 0.5) is 4.79 Å². The van der Waals surface area contributed by atoms with Gasteiger partial charge in [-0.1, -0.05) is 54.7 Å². The summed E-state index contributed by atoms with van der Waals surface area (Å²) in [6.45, 7) is 2.28. The van der Waals surface area contributed by atoms with Crippen molar-refractivity contribution in [2.75, 3.05) is 13.2 Å². The molecule has 0 aliphatic carbocycles. The smallest absolute Gasteiger partial charge is 0.415 e. The molecule has 0 fully saturated rings. The van der Waals surface area contributed by atoms with Gasteiger partial charge in [0.25, 0.3) is 0 Å². The van der Waals surface area contributed by atoms with Crippen LogP contribution in [0, 0.1) is 0 Å². The molecule has 132 valence electrons. The Labute approximate surface area is 156 Å². The van der Waals surface area contributed by atoms with Crippen molar-refractivity contribution in [3.8, 4) is 0 Å². The molecule has 0 saturated heterocycles. The fraction of sp³-hybridized carbons (Fsp3) is 0.250. The van der Waals surface area contributed by atoms with Gasteiger partial charge < -0.3 is 10.1 Å². The summed E-state index contributed by atoms with van der Waals surface area (Å²) in [4.78, 5) is 26.4. The minimum atomic E-state index is -0.474. The van der Waals surface area contributed by atoms with Crippen LogP contribution in [0.1, 0.15) is 24.8 Å². The van der Waals surface area contributed by atoms with Gasteiger partial charge in [-0.2, -0.15) is 0 Å². The van der Waals surface area contributed by atoms with Crippen molar-refractivity contribution in [3.05, 3.63) is 59.3 Å². The Bertz CT molecular complexity index is 961. The fourth-order valence-corrected chi connectivity index (χ4v) is 4.14. The standard InChI is InChI=1S/C20H18N2O3S/c1-2-25-20(24)22-11-16-18(19(22)26)15(10-17(23)21-16)14-9-5-7-12-6-3-4-8-13(12)14/h3-9,15H,2,10-11H2,1H3,(H,21,23). The van der Waals surface area contributed by atoms with E-state index in [1.807, 2.05) is 24.3 Å². The van der Waals surface area contributed by atoms with Crippen molar-refractivity contribution < 1.29 is 14.3 Å². The normalized spacial score (nSPS) is 19.6. The number of fused-ring (bicyclic) bond motifs is 1. The Balaban J connectivity index is 1.79. The quantitative estimate of drug-likeness (QED) is 0.827. The third-order valence-electron chi connectivity index (χ3n) is 4.83. The van der Waals surface area contributed by atoms with Crippen molar-refractivity contribution >= 4 is 40.0 Å². The molecule has 2 aliphatic heterocycles. The van der Waals surface area contributed by atoms with Gasteiger partial charge in [0.1, 0.15) is 4.99 Å². The molecule has 0 aromatic heterocycles. The van der Waals surface area contributed by atoms with E-state index in [2.05, 4.69) is 23.5 Å². The van der Waals surface area contributed by atoms with Gasteiger partial charge in [0.05, 0.1) is 13.2 Å². The maximum Gasteiger partial charge on any atom is 0.415 e. The molecule has 26 heavy (non-hydrogen) atoms. The molecule has 1 unspecified atom stereocenters. The molecular formula is C20H18N2O3S. The molecule has 0 bridgehead atoms. The molecule has 2 amide bonds. The zero-order valence-corrected chi connectivity index (χ0v) is 15.1. The van der Waals surface area contributed by atoms with Gasteiger partial charge in [-0.3, -0.25) is 9.69 Å². The lowest BCUT2D eigenvalue weighted by Crippen LogP contribution is -2.34. The van der Waals surface area contributed by atoms with Gasteiger partial charge in [0, 0.05) is 23.6 Å². The van der Waals surface area contributed by atoms with Crippen LogP contribution in [-0.4, -0.2) is 35.0 Å². The topological polar surface area (TPSA) is 58.6 Å². The molecule has 2 aliphatic rings. The second-order valence-electron chi connectivity index (χ2n) is 6.36. The predicted molar refractivity (Wildman–Crippen MR) is 103 cm³/mol. The van der Waals surface area contributed by atoms with Crippen LogP contribution in [-0.2, 0) is 9.53 Å². The molecule has 5 nitrogen and oxygen atoms in total. The minimum absolute atomic E-state index is 0.0600. The summed E-state index contributed by atoms with van der Waals surface area (Å²) in [7, 11) is 0. The summed E-state index contributed by atoms with van der Waals surface area (Å²) >= 11 is 5.58.